The van der Waals surface area contributed by atoms with E-state index in [1.807, 2.05) is 53.3 Å². The lowest BCUT2D eigenvalue weighted by atomic mass is 9.85. The number of hydrogen-bond acceptors (Lipinski definition) is 9. The average molecular weight is 796 g/mol. The molecular formula is C40H47F2N5O8S. The largest absolute Gasteiger partial charge is 0.450 e. The number of alkyl halides is 2. The Morgan fingerprint density at radius 1 is 1.02 bits per heavy atom. The molecule has 13 nitrogen and oxygen atoms in total. The predicted molar refractivity (Wildman–Crippen MR) is 203 cm³/mol. The van der Waals surface area contributed by atoms with Crippen LogP contribution in [0.1, 0.15) is 88.8 Å². The van der Waals surface area contributed by atoms with E-state index in [2.05, 4.69) is 21.9 Å². The summed E-state index contributed by atoms with van der Waals surface area (Å²) >= 11 is 0. The Hall–Kier alpha value is -4.86. The second-order valence-electron chi connectivity index (χ2n) is 16.4. The van der Waals surface area contributed by atoms with Crippen molar-refractivity contribution in [3.05, 3.63) is 65.2 Å². The van der Waals surface area contributed by atoms with Crippen LogP contribution in [-0.4, -0.2) is 91.4 Å². The van der Waals surface area contributed by atoms with E-state index in [1.54, 1.807) is 20.8 Å². The van der Waals surface area contributed by atoms with E-state index < -0.39 is 87.0 Å². The summed E-state index contributed by atoms with van der Waals surface area (Å²) < 4.78 is 60.9. The van der Waals surface area contributed by atoms with Crippen LogP contribution in [0.4, 0.5) is 13.6 Å². The van der Waals surface area contributed by atoms with Gasteiger partial charge in [0.2, 0.25) is 28.3 Å². The molecule has 3 N–H and O–H groups in total. The van der Waals surface area contributed by atoms with Crippen LogP contribution >= 0.6 is 0 Å². The molecule has 2 aromatic carbocycles. The number of carbonyl (C=O) groups is 4. The number of benzene rings is 2. The molecule has 0 radical (unpaired) electrons. The number of amides is 4. The lowest BCUT2D eigenvalue weighted by molar-refractivity contribution is -0.143. The molecule has 2 saturated carbocycles. The fourth-order valence-corrected chi connectivity index (χ4v) is 9.06. The van der Waals surface area contributed by atoms with Crippen LogP contribution in [0.25, 0.3) is 17.2 Å². The molecule has 56 heavy (non-hydrogen) atoms. The van der Waals surface area contributed by atoms with Gasteiger partial charge in [0.15, 0.2) is 0 Å². The van der Waals surface area contributed by atoms with Crippen LogP contribution in [0.3, 0.4) is 0 Å². The first kappa shape index (κ1) is 39.4. The molecule has 4 amide bonds. The highest BCUT2D eigenvalue weighted by Gasteiger charge is 2.67. The van der Waals surface area contributed by atoms with Gasteiger partial charge in [-0.05, 0) is 73.1 Å². The van der Waals surface area contributed by atoms with Crippen LogP contribution in [0.5, 0.6) is 0 Å². The third-order valence-electron chi connectivity index (χ3n) is 11.1. The lowest BCUT2D eigenvalue weighted by Crippen LogP contribution is -2.60. The lowest BCUT2D eigenvalue weighted by Gasteiger charge is -2.35. The molecular weight excluding hydrogens is 749 g/mol. The number of sulfonamides is 1. The van der Waals surface area contributed by atoms with Gasteiger partial charge in [0.1, 0.15) is 29.4 Å². The van der Waals surface area contributed by atoms with Gasteiger partial charge in [-0.25, -0.2) is 22.0 Å². The third-order valence-corrected chi connectivity index (χ3v) is 12.9. The smallest absolute Gasteiger partial charge is 0.407 e. The van der Waals surface area contributed by atoms with Crippen molar-refractivity contribution < 1.29 is 46.0 Å². The predicted octanol–water partition coefficient (Wildman–Crippen LogP) is 4.88. The second-order valence-corrected chi connectivity index (χ2v) is 18.3. The maximum Gasteiger partial charge on any atom is 0.407 e. The van der Waals surface area contributed by atoms with Gasteiger partial charge in [0, 0.05) is 17.5 Å². The van der Waals surface area contributed by atoms with Gasteiger partial charge < -0.3 is 25.1 Å². The summed E-state index contributed by atoms with van der Waals surface area (Å²) in [4.78, 5) is 62.5. The van der Waals surface area contributed by atoms with Gasteiger partial charge >= 0.3 is 6.09 Å². The van der Waals surface area contributed by atoms with Crippen LogP contribution in [-0.2, 0) is 34.0 Å². The Morgan fingerprint density at radius 3 is 2.45 bits per heavy atom. The maximum atomic E-state index is 14.5. The van der Waals surface area contributed by atoms with Crippen LogP contribution in [0, 0.1) is 11.3 Å². The van der Waals surface area contributed by atoms with E-state index in [0.29, 0.717) is 25.0 Å². The number of nitrogens with zero attached hydrogens (tertiary/aromatic N) is 2. The number of ether oxygens (including phenoxy) is 1. The quantitative estimate of drug-likeness (QED) is 0.317. The molecule has 1 saturated heterocycles. The van der Waals surface area contributed by atoms with Crippen molar-refractivity contribution in [3.63, 3.8) is 0 Å². The molecule has 4 bridgehead atoms. The fraction of sp³-hybridized carbons (Fsp3) is 0.525. The van der Waals surface area contributed by atoms with Crippen molar-refractivity contribution >= 4 is 45.6 Å². The van der Waals surface area contributed by atoms with Crippen LogP contribution in [0.15, 0.2) is 53.7 Å². The number of cyclic esters (lactones) is 1. The Labute approximate surface area is 324 Å². The number of nitrogens with one attached hydrogen (secondary N) is 3. The van der Waals surface area contributed by atoms with E-state index in [0.717, 1.165) is 47.1 Å². The molecule has 0 aromatic heterocycles. The van der Waals surface area contributed by atoms with Gasteiger partial charge in [-0.3, -0.25) is 19.1 Å². The minimum Gasteiger partial charge on any atom is -0.450 e. The summed E-state index contributed by atoms with van der Waals surface area (Å²) in [6, 6.07) is 11.3. The molecule has 0 spiro atoms. The standard InChI is InChI=1S/C40H47F2N5O8S/c1-39(2,3)33-36(49)47-22-24(20-31(47)35(48)44-40(21-30(40)34(41)42)37(50)46-56(52,53)25-15-16-25)55-45-32-28-13-9-8-12-26(28)27-17-14-23(19-29(27)32)11-7-5-4-6-10-18-54-38(51)43-33/h7-9,11-14,17,19,24-25,30-31,33-34H,4-6,10,15-16,18,20-22H2,1-3H3,(H,43,51)(H,44,48)(H,46,50)/b11-7-,45-32+/t24-,30+,31+,33-,40+/m1/s1. The third kappa shape index (κ3) is 8.02. The topological polar surface area (TPSA) is 173 Å². The second kappa shape index (κ2) is 15.2. The Bertz CT molecular complexity index is 2080. The minimum absolute atomic E-state index is 0.128. The maximum absolute atomic E-state index is 14.5. The number of halogens is 2. The summed E-state index contributed by atoms with van der Waals surface area (Å²) in [5.74, 6) is -4.51. The monoisotopic (exact) mass is 795 g/mol. The highest BCUT2D eigenvalue weighted by Crippen LogP contribution is 2.48. The molecule has 5 aliphatic rings. The van der Waals surface area contributed by atoms with Crippen molar-refractivity contribution in [2.75, 3.05) is 13.2 Å². The van der Waals surface area contributed by atoms with Crippen molar-refractivity contribution in [1.82, 2.24) is 20.3 Å². The first-order chi connectivity index (χ1) is 26.6. The molecule has 0 unspecified atom stereocenters. The molecule has 2 heterocycles. The van der Waals surface area contributed by atoms with E-state index in [4.69, 9.17) is 9.57 Å². The molecule has 3 fully saturated rings. The van der Waals surface area contributed by atoms with Crippen molar-refractivity contribution in [3.8, 4) is 11.1 Å². The van der Waals surface area contributed by atoms with E-state index in [1.165, 1.54) is 4.90 Å². The SMILES string of the molecule is CC(C)(C)[C@@H]1NC(=O)OCCCCC/C=C\c2ccc3c(c2)/C(=N/O[C@@H]2C[C@@H](C(=O)N[C@@]4(C(=O)NS(=O)(=O)C5CC5)C[C@H]4C(F)F)N(C2)C1=O)c1ccccc1-3. The normalized spacial score (nSPS) is 28.4. The van der Waals surface area contributed by atoms with E-state index in [9.17, 15) is 36.4 Å². The molecule has 2 aliphatic heterocycles. The molecule has 5 atom stereocenters. The number of rotatable bonds is 6. The van der Waals surface area contributed by atoms with Gasteiger partial charge in [0.05, 0.1) is 24.3 Å². The minimum atomic E-state index is -4.13. The summed E-state index contributed by atoms with van der Waals surface area (Å²) in [5, 5.41) is 8.89. The average Bonchev–Trinajstić information content (AvgIpc) is 4.06. The highest BCUT2D eigenvalue weighted by molar-refractivity contribution is 7.91. The Morgan fingerprint density at radius 2 is 1.75 bits per heavy atom. The highest BCUT2D eigenvalue weighted by atomic mass is 32.2. The van der Waals surface area contributed by atoms with Crippen LogP contribution < -0.4 is 15.4 Å². The van der Waals surface area contributed by atoms with Gasteiger partial charge in [-0.2, -0.15) is 0 Å². The molecule has 16 heteroatoms. The number of carbonyl (C=O) groups excluding carboxylic acids is 4. The van der Waals surface area contributed by atoms with Crippen molar-refractivity contribution in [1.29, 1.82) is 0 Å². The zero-order valence-corrected chi connectivity index (χ0v) is 32.4. The van der Waals surface area contributed by atoms with E-state index in [-0.39, 0.29) is 19.6 Å². The molecule has 3 aliphatic carbocycles. The summed E-state index contributed by atoms with van der Waals surface area (Å²) in [6.45, 7) is 5.15. The molecule has 2 aromatic rings. The number of hydrogen-bond donors (Lipinski definition) is 3. The number of alkyl carbamates (subject to hydrolysis) is 1. The first-order valence-electron chi connectivity index (χ1n) is 19.1. The van der Waals surface area contributed by atoms with Crippen LogP contribution in [0.2, 0.25) is 0 Å². The fourth-order valence-electron chi connectivity index (χ4n) is 7.70. The Kier molecular flexibility index (Phi) is 10.7. The first-order valence-corrected chi connectivity index (χ1v) is 20.7. The van der Waals surface area contributed by atoms with Crippen molar-refractivity contribution in [2.45, 2.75) is 108 Å². The van der Waals surface area contributed by atoms with Crippen molar-refractivity contribution in [2.24, 2.45) is 16.5 Å². The molecule has 7 rings (SSSR count). The summed E-state index contributed by atoms with van der Waals surface area (Å²) in [5.41, 5.74) is 2.03. The summed E-state index contributed by atoms with van der Waals surface area (Å²) in [6.07, 6.45) is 2.52. The van der Waals surface area contributed by atoms with Gasteiger partial charge in [0.25, 0.3) is 5.91 Å². The number of allylic oxidation sites excluding steroid dienone is 1. The zero-order chi connectivity index (χ0) is 40.0. The zero-order valence-electron chi connectivity index (χ0n) is 31.6. The van der Waals surface area contributed by atoms with Gasteiger partial charge in [-0.15, -0.1) is 0 Å². The Balaban J connectivity index is 1.22. The van der Waals surface area contributed by atoms with Gasteiger partial charge in [-0.1, -0.05) is 74.5 Å². The van der Waals surface area contributed by atoms with E-state index >= 15 is 0 Å². The number of oxime groups is 1. The summed E-state index contributed by atoms with van der Waals surface area (Å²) in [7, 11) is -4.13. The molecule has 300 valence electrons. The number of fused-ring (bicyclic) bond motifs is 6.